The molecule has 1 saturated heterocycles. The average Bonchev–Trinajstić information content (AvgIpc) is 2.48. The van der Waals surface area contributed by atoms with Crippen molar-refractivity contribution in [2.24, 2.45) is 5.73 Å². The van der Waals surface area contributed by atoms with Crippen molar-refractivity contribution in [2.75, 3.05) is 4.90 Å². The van der Waals surface area contributed by atoms with Gasteiger partial charge in [-0.3, -0.25) is 4.79 Å². The molecule has 1 amide bonds. The van der Waals surface area contributed by atoms with Gasteiger partial charge in [0.05, 0.1) is 6.04 Å². The van der Waals surface area contributed by atoms with Crippen molar-refractivity contribution < 1.29 is 4.79 Å². The minimum absolute atomic E-state index is 0.0221. The largest absolute Gasteiger partial charge is 0.318 e. The molecule has 0 aliphatic carbocycles. The molecule has 4 heteroatoms. The van der Waals surface area contributed by atoms with Crippen LogP contribution in [0.1, 0.15) is 22.7 Å². The van der Waals surface area contributed by atoms with Crippen LogP contribution in [0.15, 0.2) is 46.9 Å². The Bertz CT molecular complexity index is 696. The van der Waals surface area contributed by atoms with Gasteiger partial charge < -0.3 is 10.6 Å². The van der Waals surface area contributed by atoms with E-state index in [9.17, 15) is 4.79 Å². The molecule has 0 saturated carbocycles. The van der Waals surface area contributed by atoms with Crippen LogP contribution in [0.2, 0.25) is 0 Å². The highest BCUT2D eigenvalue weighted by Gasteiger charge is 2.46. The van der Waals surface area contributed by atoms with Crippen LogP contribution in [-0.2, 0) is 4.79 Å². The van der Waals surface area contributed by atoms with E-state index in [-0.39, 0.29) is 11.9 Å². The molecule has 2 aromatic carbocycles. The summed E-state index contributed by atoms with van der Waals surface area (Å²) in [4.78, 5) is 14.0. The molecule has 1 heterocycles. The van der Waals surface area contributed by atoms with Gasteiger partial charge in [-0.05, 0) is 54.8 Å². The minimum atomic E-state index is -0.465. The number of nitrogens with two attached hydrogens (primary N) is 1. The lowest BCUT2D eigenvalue weighted by Crippen LogP contribution is -2.63. The van der Waals surface area contributed by atoms with E-state index in [1.54, 1.807) is 4.90 Å². The van der Waals surface area contributed by atoms with Gasteiger partial charge in [-0.15, -0.1) is 0 Å². The Morgan fingerprint density at radius 3 is 2.33 bits per heavy atom. The van der Waals surface area contributed by atoms with Crippen molar-refractivity contribution in [1.29, 1.82) is 0 Å². The fourth-order valence-electron chi connectivity index (χ4n) is 2.69. The molecule has 3 nitrogen and oxygen atoms in total. The zero-order valence-corrected chi connectivity index (χ0v) is 13.6. The van der Waals surface area contributed by atoms with E-state index in [0.717, 1.165) is 15.7 Å². The van der Waals surface area contributed by atoms with Gasteiger partial charge in [-0.2, -0.15) is 0 Å². The second-order valence-electron chi connectivity index (χ2n) is 5.50. The molecule has 2 aromatic rings. The van der Waals surface area contributed by atoms with E-state index < -0.39 is 6.04 Å². The quantitative estimate of drug-likeness (QED) is 0.847. The van der Waals surface area contributed by atoms with Crippen molar-refractivity contribution in [3.63, 3.8) is 0 Å². The molecule has 0 spiro atoms. The third-order valence-corrected chi connectivity index (χ3v) is 4.65. The maximum absolute atomic E-state index is 12.2. The highest BCUT2D eigenvalue weighted by atomic mass is 79.9. The number of carbonyl (C=O) groups excluding carboxylic acids is 1. The zero-order valence-electron chi connectivity index (χ0n) is 12.0. The molecule has 21 heavy (non-hydrogen) atoms. The average molecular weight is 345 g/mol. The Balaban J connectivity index is 1.98. The van der Waals surface area contributed by atoms with E-state index >= 15 is 0 Å². The predicted molar refractivity (Wildman–Crippen MR) is 88.3 cm³/mol. The van der Waals surface area contributed by atoms with Gasteiger partial charge in [0.15, 0.2) is 0 Å². The fraction of sp³-hybridized carbons (Fsp3) is 0.235. The number of hydrogen-bond donors (Lipinski definition) is 1. The zero-order chi connectivity index (χ0) is 15.1. The lowest BCUT2D eigenvalue weighted by molar-refractivity contribution is -0.126. The maximum Gasteiger partial charge on any atom is 0.247 e. The van der Waals surface area contributed by atoms with E-state index in [1.807, 2.05) is 42.5 Å². The van der Waals surface area contributed by atoms with Crippen LogP contribution in [0, 0.1) is 13.8 Å². The number of halogens is 1. The van der Waals surface area contributed by atoms with Crippen LogP contribution < -0.4 is 10.6 Å². The van der Waals surface area contributed by atoms with Gasteiger partial charge in [0.25, 0.3) is 0 Å². The van der Waals surface area contributed by atoms with Crippen molar-refractivity contribution in [1.82, 2.24) is 0 Å². The number of β-lactam (4-membered cyclic amide) rings is 1. The van der Waals surface area contributed by atoms with Gasteiger partial charge >= 0.3 is 0 Å². The molecule has 2 atom stereocenters. The number of carbonyl (C=O) groups is 1. The lowest BCUT2D eigenvalue weighted by atomic mass is 9.88. The monoisotopic (exact) mass is 344 g/mol. The predicted octanol–water partition coefficient (Wildman–Crippen LogP) is 3.48. The molecular formula is C17H17BrN2O. The Hall–Kier alpha value is -1.65. The second-order valence-corrected chi connectivity index (χ2v) is 6.41. The van der Waals surface area contributed by atoms with E-state index in [4.69, 9.17) is 5.73 Å². The summed E-state index contributed by atoms with van der Waals surface area (Å²) in [6, 6.07) is 13.5. The molecule has 0 bridgehead atoms. The van der Waals surface area contributed by atoms with Gasteiger partial charge in [0, 0.05) is 10.2 Å². The lowest BCUT2D eigenvalue weighted by Gasteiger charge is -2.45. The van der Waals surface area contributed by atoms with Crippen LogP contribution >= 0.6 is 15.9 Å². The first kappa shape index (κ1) is 14.3. The second kappa shape index (κ2) is 5.28. The number of nitrogens with zero attached hydrogens (tertiary/aromatic N) is 1. The maximum atomic E-state index is 12.2. The fourth-order valence-corrected chi connectivity index (χ4v) is 2.96. The Kier molecular flexibility index (Phi) is 3.59. The van der Waals surface area contributed by atoms with Crippen LogP contribution in [0.4, 0.5) is 5.69 Å². The van der Waals surface area contributed by atoms with Gasteiger partial charge in [-0.1, -0.05) is 34.1 Å². The Morgan fingerprint density at radius 2 is 1.71 bits per heavy atom. The number of rotatable bonds is 2. The number of benzene rings is 2. The van der Waals surface area contributed by atoms with Crippen molar-refractivity contribution in [3.05, 3.63) is 63.6 Å². The Labute approximate surface area is 132 Å². The number of anilines is 1. The summed E-state index contributed by atoms with van der Waals surface area (Å²) in [6.45, 7) is 4.12. The molecule has 1 aliphatic rings. The molecule has 1 aliphatic heterocycles. The van der Waals surface area contributed by atoms with Crippen molar-refractivity contribution in [3.8, 4) is 0 Å². The topological polar surface area (TPSA) is 46.3 Å². The van der Waals surface area contributed by atoms with Crippen molar-refractivity contribution in [2.45, 2.75) is 25.9 Å². The number of hydrogen-bond acceptors (Lipinski definition) is 2. The third-order valence-electron chi connectivity index (χ3n) is 4.12. The summed E-state index contributed by atoms with van der Waals surface area (Å²) in [5, 5.41) is 0. The molecule has 0 unspecified atom stereocenters. The molecule has 0 aromatic heterocycles. The van der Waals surface area contributed by atoms with Gasteiger partial charge in [0.1, 0.15) is 6.04 Å². The van der Waals surface area contributed by atoms with E-state index in [1.165, 1.54) is 11.1 Å². The standard InChI is InChI=1S/C17H17BrN2O/c1-10-3-8-14(9-11(10)2)20-16(15(19)17(20)21)12-4-6-13(18)7-5-12/h3-9,15-16H,19H2,1-2H3/t15-,16+/m1/s1. The first-order valence-corrected chi connectivity index (χ1v) is 7.69. The van der Waals surface area contributed by atoms with Crippen LogP contribution in [0.5, 0.6) is 0 Å². The van der Waals surface area contributed by atoms with E-state index in [2.05, 4.69) is 29.8 Å². The Morgan fingerprint density at radius 1 is 1.05 bits per heavy atom. The third kappa shape index (κ3) is 2.39. The first-order valence-electron chi connectivity index (χ1n) is 6.90. The first-order chi connectivity index (χ1) is 9.99. The van der Waals surface area contributed by atoms with E-state index in [0.29, 0.717) is 0 Å². The summed E-state index contributed by atoms with van der Waals surface area (Å²) < 4.78 is 1.02. The minimum Gasteiger partial charge on any atom is -0.318 e. The normalized spacial score (nSPS) is 21.3. The van der Waals surface area contributed by atoms with Gasteiger partial charge in [0.2, 0.25) is 5.91 Å². The van der Waals surface area contributed by atoms with Crippen LogP contribution in [0.25, 0.3) is 0 Å². The highest BCUT2D eigenvalue weighted by Crippen LogP contribution is 2.38. The van der Waals surface area contributed by atoms with Gasteiger partial charge in [-0.25, -0.2) is 0 Å². The molecular weight excluding hydrogens is 328 g/mol. The summed E-state index contributed by atoms with van der Waals surface area (Å²) in [5.74, 6) is -0.0221. The molecule has 108 valence electrons. The molecule has 3 rings (SSSR count). The molecule has 2 N–H and O–H groups in total. The number of amides is 1. The molecule has 0 radical (unpaired) electrons. The number of aryl methyl sites for hydroxylation is 2. The molecule has 1 fully saturated rings. The van der Waals surface area contributed by atoms with Crippen LogP contribution in [0.3, 0.4) is 0 Å². The summed E-state index contributed by atoms with van der Waals surface area (Å²) in [5.41, 5.74) is 10.4. The van der Waals surface area contributed by atoms with Crippen LogP contribution in [-0.4, -0.2) is 11.9 Å². The summed E-state index contributed by atoms with van der Waals surface area (Å²) in [7, 11) is 0. The van der Waals surface area contributed by atoms with Crippen molar-refractivity contribution >= 4 is 27.5 Å². The summed E-state index contributed by atoms with van der Waals surface area (Å²) in [6.07, 6.45) is 0. The summed E-state index contributed by atoms with van der Waals surface area (Å²) >= 11 is 3.43. The SMILES string of the molecule is Cc1ccc(N2C(=O)[C@H](N)[C@@H]2c2ccc(Br)cc2)cc1C. The smallest absolute Gasteiger partial charge is 0.247 e. The highest BCUT2D eigenvalue weighted by molar-refractivity contribution is 9.10.